The van der Waals surface area contributed by atoms with Crippen LogP contribution in [-0.4, -0.2) is 20.4 Å². The second-order valence-electron chi connectivity index (χ2n) is 9.03. The van der Waals surface area contributed by atoms with E-state index in [9.17, 15) is 5.26 Å². The summed E-state index contributed by atoms with van der Waals surface area (Å²) in [6, 6.07) is 28.0. The van der Waals surface area contributed by atoms with Crippen LogP contribution in [0.1, 0.15) is 16.7 Å². The van der Waals surface area contributed by atoms with Gasteiger partial charge in [0.05, 0.1) is 18.7 Å². The number of furan rings is 1. The zero-order valence-electron chi connectivity index (χ0n) is 22.5. The number of aliphatic imine (C=N–C) groups is 1. The van der Waals surface area contributed by atoms with Crippen molar-refractivity contribution in [3.05, 3.63) is 116 Å². The average Bonchev–Trinajstić information content (AvgIpc) is 3.39. The largest absolute Gasteiger partial charge is 0.497 e. The molecule has 5 rings (SSSR count). The molecule has 0 aliphatic heterocycles. The Morgan fingerprint density at radius 2 is 1.55 bits per heavy atom. The highest BCUT2D eigenvalue weighted by molar-refractivity contribution is 9.10. The van der Waals surface area contributed by atoms with Gasteiger partial charge >= 0.3 is 0 Å². The van der Waals surface area contributed by atoms with Gasteiger partial charge in [-0.3, -0.25) is 0 Å². The summed E-state index contributed by atoms with van der Waals surface area (Å²) in [5, 5.41) is 11.3. The van der Waals surface area contributed by atoms with Gasteiger partial charge in [0.1, 0.15) is 41.2 Å². The first-order valence-corrected chi connectivity index (χ1v) is 14.2. The lowest BCUT2D eigenvalue weighted by molar-refractivity contribution is 0.304. The molecule has 0 aliphatic rings. The molecule has 0 bridgehead atoms. The lowest BCUT2D eigenvalue weighted by atomic mass is 9.98. The van der Waals surface area contributed by atoms with Gasteiger partial charge in [-0.2, -0.15) is 5.26 Å². The van der Waals surface area contributed by atoms with Crippen LogP contribution in [0.3, 0.4) is 0 Å². The van der Waals surface area contributed by atoms with Crippen LogP contribution in [0, 0.1) is 11.3 Å². The normalized spacial score (nSPS) is 11.0. The fourth-order valence-corrected chi connectivity index (χ4v) is 5.21. The van der Waals surface area contributed by atoms with Crippen molar-refractivity contribution >= 4 is 51.2 Å². The Hall–Kier alpha value is -4.22. The number of rotatable bonds is 9. The third kappa shape index (κ3) is 6.47. The Balaban J connectivity index is 1.46. The van der Waals surface area contributed by atoms with Crippen LogP contribution >= 0.6 is 39.1 Å². The number of methoxy groups -OCH3 is 2. The van der Waals surface area contributed by atoms with Crippen molar-refractivity contribution in [2.24, 2.45) is 4.99 Å². The number of nitriles is 1. The maximum absolute atomic E-state index is 10.2. The Morgan fingerprint density at radius 1 is 0.881 bits per heavy atom. The van der Waals surface area contributed by atoms with E-state index in [1.165, 1.54) is 0 Å². The first kappa shape index (κ1) is 29.3. The molecule has 210 valence electrons. The van der Waals surface area contributed by atoms with E-state index in [2.05, 4.69) is 27.0 Å². The summed E-state index contributed by atoms with van der Waals surface area (Å²) in [6.07, 6.45) is 1.64. The minimum Gasteiger partial charge on any atom is -0.497 e. The maximum atomic E-state index is 10.2. The van der Waals surface area contributed by atoms with Gasteiger partial charge in [-0.1, -0.05) is 41.4 Å². The third-order valence-electron chi connectivity index (χ3n) is 6.42. The molecule has 9 heteroatoms. The number of halogens is 3. The van der Waals surface area contributed by atoms with E-state index >= 15 is 0 Å². The molecule has 0 atom stereocenters. The molecule has 4 aromatic carbocycles. The molecule has 0 aliphatic carbocycles. The van der Waals surface area contributed by atoms with E-state index in [0.29, 0.717) is 44.2 Å². The molecule has 1 aromatic heterocycles. The quantitative estimate of drug-likeness (QED) is 0.147. The maximum Gasteiger partial charge on any atom is 0.238 e. The van der Waals surface area contributed by atoms with Crippen molar-refractivity contribution in [2.75, 3.05) is 14.2 Å². The van der Waals surface area contributed by atoms with Gasteiger partial charge in [-0.15, -0.1) is 0 Å². The van der Waals surface area contributed by atoms with E-state index in [1.54, 1.807) is 32.6 Å². The molecular formula is C33H23BrCl2N2O4. The Morgan fingerprint density at radius 3 is 2.14 bits per heavy atom. The zero-order valence-corrected chi connectivity index (χ0v) is 25.6. The Kier molecular flexibility index (Phi) is 9.19. The van der Waals surface area contributed by atoms with E-state index in [1.807, 2.05) is 72.8 Å². The number of hydrogen-bond donors (Lipinski definition) is 0. The lowest BCUT2D eigenvalue weighted by Gasteiger charge is -2.10. The summed E-state index contributed by atoms with van der Waals surface area (Å²) >= 11 is 15.8. The highest BCUT2D eigenvalue weighted by Gasteiger charge is 2.23. The van der Waals surface area contributed by atoms with Gasteiger partial charge in [0, 0.05) is 33.0 Å². The highest BCUT2D eigenvalue weighted by atomic mass is 79.9. The summed E-state index contributed by atoms with van der Waals surface area (Å²) in [4.78, 5) is 4.58. The molecule has 0 saturated carbocycles. The second-order valence-corrected chi connectivity index (χ2v) is 10.7. The number of benzene rings is 4. The first-order chi connectivity index (χ1) is 20.4. The summed E-state index contributed by atoms with van der Waals surface area (Å²) < 4.78 is 23.5. The SMILES string of the molecule is COc1ccc(-c2oc(N=Cc3ccc(OCc4ccc(Cl)cc4Cl)c(Br)c3)c(C#N)c2-c2ccc(OC)cc2)cc1. The van der Waals surface area contributed by atoms with E-state index in [-0.39, 0.29) is 12.5 Å². The van der Waals surface area contributed by atoms with Crippen molar-refractivity contribution in [1.82, 2.24) is 0 Å². The molecule has 0 amide bonds. The van der Waals surface area contributed by atoms with Gasteiger partial charge in [-0.05, 0) is 93.8 Å². The van der Waals surface area contributed by atoms with E-state index in [0.717, 1.165) is 26.7 Å². The fraction of sp³-hybridized carbons (Fsp3) is 0.0909. The predicted molar refractivity (Wildman–Crippen MR) is 170 cm³/mol. The molecule has 1 heterocycles. The van der Waals surface area contributed by atoms with Crippen LogP contribution in [0.15, 0.2) is 98.8 Å². The van der Waals surface area contributed by atoms with Crippen molar-refractivity contribution in [1.29, 1.82) is 5.26 Å². The van der Waals surface area contributed by atoms with Crippen LogP contribution in [0.4, 0.5) is 5.88 Å². The van der Waals surface area contributed by atoms with Gasteiger partial charge in [0.25, 0.3) is 0 Å². The summed E-state index contributed by atoms with van der Waals surface area (Å²) in [7, 11) is 3.22. The van der Waals surface area contributed by atoms with Crippen LogP contribution in [0.5, 0.6) is 17.2 Å². The summed E-state index contributed by atoms with van der Waals surface area (Å²) in [5.41, 5.74) is 4.14. The molecule has 0 spiro atoms. The van der Waals surface area contributed by atoms with Crippen molar-refractivity contribution in [2.45, 2.75) is 6.61 Å². The van der Waals surface area contributed by atoms with Crippen LogP contribution in [-0.2, 0) is 6.61 Å². The molecule has 0 fully saturated rings. The molecule has 6 nitrogen and oxygen atoms in total. The average molecular weight is 662 g/mol. The fourth-order valence-electron chi connectivity index (χ4n) is 4.23. The molecule has 0 unspecified atom stereocenters. The van der Waals surface area contributed by atoms with Crippen molar-refractivity contribution in [3.8, 4) is 45.8 Å². The predicted octanol–water partition coefficient (Wildman–Crippen LogP) is 9.90. The summed E-state index contributed by atoms with van der Waals surface area (Å²) in [6.45, 7) is 0.280. The minimum absolute atomic E-state index is 0.197. The topological polar surface area (TPSA) is 77.0 Å². The highest BCUT2D eigenvalue weighted by Crippen LogP contribution is 2.43. The monoisotopic (exact) mass is 660 g/mol. The van der Waals surface area contributed by atoms with Crippen LogP contribution < -0.4 is 14.2 Å². The standard InChI is InChI=1S/C33H23BrCl2N2O4/c1-39-25-10-5-21(6-11-25)31-27(17-37)33(42-32(31)22-7-12-26(40-2)13-8-22)38-18-20-3-14-30(28(34)15-20)41-19-23-4-9-24(35)16-29(23)36/h3-16,18H,19H2,1-2H3. The minimum atomic E-state index is 0.197. The van der Waals surface area contributed by atoms with Crippen molar-refractivity contribution in [3.63, 3.8) is 0 Å². The molecule has 0 radical (unpaired) electrons. The second kappa shape index (κ2) is 13.2. The molecular weight excluding hydrogens is 639 g/mol. The van der Waals surface area contributed by atoms with Gasteiger partial charge in [0.2, 0.25) is 5.88 Å². The third-order valence-corrected chi connectivity index (χ3v) is 7.62. The Labute approximate surface area is 261 Å². The van der Waals surface area contributed by atoms with E-state index in [4.69, 9.17) is 41.8 Å². The first-order valence-electron chi connectivity index (χ1n) is 12.7. The van der Waals surface area contributed by atoms with Gasteiger partial charge in [-0.25, -0.2) is 4.99 Å². The van der Waals surface area contributed by atoms with Crippen LogP contribution in [0.25, 0.3) is 22.5 Å². The zero-order chi connectivity index (χ0) is 29.6. The van der Waals surface area contributed by atoms with Gasteiger partial charge in [0.15, 0.2) is 0 Å². The molecule has 42 heavy (non-hydrogen) atoms. The number of nitrogens with zero attached hydrogens (tertiary/aromatic N) is 2. The number of hydrogen-bond acceptors (Lipinski definition) is 6. The smallest absolute Gasteiger partial charge is 0.238 e. The summed E-state index contributed by atoms with van der Waals surface area (Å²) in [5.74, 6) is 2.78. The van der Waals surface area contributed by atoms with Crippen LogP contribution in [0.2, 0.25) is 10.0 Å². The molecule has 0 N–H and O–H groups in total. The van der Waals surface area contributed by atoms with Crippen molar-refractivity contribution < 1.29 is 18.6 Å². The number of ether oxygens (including phenoxy) is 3. The molecule has 0 saturated heterocycles. The van der Waals surface area contributed by atoms with Gasteiger partial charge < -0.3 is 18.6 Å². The van der Waals surface area contributed by atoms with E-state index < -0.39 is 0 Å². The lowest BCUT2D eigenvalue weighted by Crippen LogP contribution is -1.97. The molecule has 5 aromatic rings. The Bertz CT molecular complexity index is 1790.